The maximum absolute atomic E-state index is 10.7. The zero-order valence-corrected chi connectivity index (χ0v) is 14.1. The molecule has 0 amide bonds. The van der Waals surface area contributed by atoms with E-state index in [1.54, 1.807) is 24.5 Å². The molecule has 2 aromatic carbocycles. The predicted molar refractivity (Wildman–Crippen MR) is 93.6 cm³/mol. The number of rotatable bonds is 3. The Morgan fingerprint density at radius 1 is 0.704 bits per heavy atom. The van der Waals surface area contributed by atoms with Crippen LogP contribution in [0.5, 0.6) is 34.5 Å². The Labute approximate surface area is 154 Å². The first-order valence-corrected chi connectivity index (χ1v) is 8.35. The third-order valence-corrected chi connectivity index (χ3v) is 4.71. The van der Waals surface area contributed by atoms with E-state index in [0.717, 1.165) is 5.56 Å². The smallest absolute Gasteiger partial charge is 0.231 e. The number of ether oxygens (including phenoxy) is 4. The zero-order chi connectivity index (χ0) is 18.4. The van der Waals surface area contributed by atoms with Crippen molar-refractivity contribution in [2.24, 2.45) is 0 Å². The van der Waals surface area contributed by atoms with E-state index in [0.29, 0.717) is 34.1 Å². The van der Waals surface area contributed by atoms with Crippen LogP contribution in [-0.4, -0.2) is 28.8 Å². The van der Waals surface area contributed by atoms with Crippen molar-refractivity contribution in [1.29, 1.82) is 0 Å². The number of fused-ring (bicyclic) bond motifs is 2. The molecule has 0 unspecified atom stereocenters. The first-order valence-electron chi connectivity index (χ1n) is 8.35. The fourth-order valence-corrected chi connectivity index (χ4v) is 3.44. The second-order valence-electron chi connectivity index (χ2n) is 6.24. The molecule has 7 heteroatoms. The lowest BCUT2D eigenvalue weighted by Gasteiger charge is -2.21. The van der Waals surface area contributed by atoms with Crippen LogP contribution in [0.4, 0.5) is 0 Å². The molecule has 3 heterocycles. The number of benzene rings is 2. The lowest BCUT2D eigenvalue weighted by atomic mass is 9.84. The number of hydrogen-bond donors (Lipinski definition) is 2. The van der Waals surface area contributed by atoms with Gasteiger partial charge >= 0.3 is 0 Å². The second kappa shape index (κ2) is 5.98. The van der Waals surface area contributed by atoms with Gasteiger partial charge in [-0.3, -0.25) is 4.98 Å². The molecular weight excluding hydrogens is 350 g/mol. The summed E-state index contributed by atoms with van der Waals surface area (Å²) in [5.74, 6) is 1.66. The molecule has 0 bridgehead atoms. The second-order valence-corrected chi connectivity index (χ2v) is 6.24. The van der Waals surface area contributed by atoms with Crippen LogP contribution < -0.4 is 18.9 Å². The van der Waals surface area contributed by atoms with Crippen molar-refractivity contribution >= 4 is 0 Å². The van der Waals surface area contributed by atoms with E-state index in [-0.39, 0.29) is 25.1 Å². The summed E-state index contributed by atoms with van der Waals surface area (Å²) in [6.45, 7) is 0.209. The van der Waals surface area contributed by atoms with E-state index >= 15 is 0 Å². The van der Waals surface area contributed by atoms with Crippen molar-refractivity contribution in [3.8, 4) is 34.5 Å². The van der Waals surface area contributed by atoms with Crippen molar-refractivity contribution < 1.29 is 29.2 Å². The summed E-state index contributed by atoms with van der Waals surface area (Å²) in [6, 6.07) is 10.2. The van der Waals surface area contributed by atoms with Crippen molar-refractivity contribution in [2.45, 2.75) is 5.92 Å². The molecule has 27 heavy (non-hydrogen) atoms. The van der Waals surface area contributed by atoms with E-state index in [9.17, 15) is 10.2 Å². The highest BCUT2D eigenvalue weighted by Crippen LogP contribution is 2.48. The van der Waals surface area contributed by atoms with Gasteiger partial charge in [0.2, 0.25) is 13.6 Å². The summed E-state index contributed by atoms with van der Waals surface area (Å²) in [4.78, 5) is 4.06. The number of phenols is 2. The largest absolute Gasteiger partial charge is 0.507 e. The number of hydrogen-bond acceptors (Lipinski definition) is 7. The molecule has 1 aromatic heterocycles. The van der Waals surface area contributed by atoms with Crippen LogP contribution in [0.25, 0.3) is 0 Å². The number of nitrogens with zero attached hydrogens (tertiary/aromatic N) is 1. The topological polar surface area (TPSA) is 90.3 Å². The maximum Gasteiger partial charge on any atom is 0.231 e. The fraction of sp³-hybridized carbons (Fsp3) is 0.150. The van der Waals surface area contributed by atoms with Gasteiger partial charge in [0.15, 0.2) is 23.0 Å². The van der Waals surface area contributed by atoms with Crippen molar-refractivity contribution in [3.63, 3.8) is 0 Å². The first-order chi connectivity index (χ1) is 13.2. The average molecular weight is 365 g/mol. The minimum atomic E-state index is -0.475. The number of pyridine rings is 1. The Bertz CT molecular complexity index is 957. The third kappa shape index (κ3) is 2.55. The van der Waals surface area contributed by atoms with Crippen LogP contribution in [0.3, 0.4) is 0 Å². The molecule has 5 rings (SSSR count). The first kappa shape index (κ1) is 15.6. The molecule has 0 saturated carbocycles. The maximum atomic E-state index is 10.7. The van der Waals surface area contributed by atoms with Crippen molar-refractivity contribution in [1.82, 2.24) is 4.98 Å². The molecule has 136 valence electrons. The molecular formula is C20H15NO6. The van der Waals surface area contributed by atoms with Gasteiger partial charge in [-0.15, -0.1) is 0 Å². The summed E-state index contributed by atoms with van der Waals surface area (Å²) in [5, 5.41) is 21.3. The molecule has 2 N–H and O–H groups in total. The quantitative estimate of drug-likeness (QED) is 0.737. The van der Waals surface area contributed by atoms with Gasteiger partial charge in [0.05, 0.1) is 0 Å². The van der Waals surface area contributed by atoms with Crippen LogP contribution in [0.1, 0.15) is 22.6 Å². The fourth-order valence-electron chi connectivity index (χ4n) is 3.44. The molecule has 0 radical (unpaired) electrons. The summed E-state index contributed by atoms with van der Waals surface area (Å²) < 4.78 is 21.6. The van der Waals surface area contributed by atoms with Gasteiger partial charge in [0.1, 0.15) is 11.5 Å². The van der Waals surface area contributed by atoms with Crippen LogP contribution in [0.15, 0.2) is 48.8 Å². The van der Waals surface area contributed by atoms with Crippen LogP contribution in [0.2, 0.25) is 0 Å². The number of phenolic OH excluding ortho intramolecular Hbond substituents is 2. The van der Waals surface area contributed by atoms with E-state index in [1.807, 2.05) is 12.1 Å². The van der Waals surface area contributed by atoms with Gasteiger partial charge in [0, 0.05) is 41.6 Å². The van der Waals surface area contributed by atoms with E-state index in [4.69, 9.17) is 18.9 Å². The van der Waals surface area contributed by atoms with Crippen molar-refractivity contribution in [2.75, 3.05) is 13.6 Å². The molecule has 2 aliphatic heterocycles. The molecule has 0 saturated heterocycles. The van der Waals surface area contributed by atoms with E-state index < -0.39 is 5.92 Å². The van der Waals surface area contributed by atoms with Gasteiger partial charge in [-0.1, -0.05) is 0 Å². The zero-order valence-electron chi connectivity index (χ0n) is 14.1. The van der Waals surface area contributed by atoms with E-state index in [2.05, 4.69) is 4.98 Å². The van der Waals surface area contributed by atoms with Crippen LogP contribution >= 0.6 is 0 Å². The normalized spacial score (nSPS) is 14.0. The number of aromatic nitrogens is 1. The molecule has 7 nitrogen and oxygen atoms in total. The van der Waals surface area contributed by atoms with Gasteiger partial charge in [0.25, 0.3) is 0 Å². The lowest BCUT2D eigenvalue weighted by Crippen LogP contribution is -2.05. The molecule has 0 spiro atoms. The molecule has 2 aliphatic rings. The van der Waals surface area contributed by atoms with Crippen LogP contribution in [0, 0.1) is 0 Å². The minimum Gasteiger partial charge on any atom is -0.507 e. The Balaban J connectivity index is 1.72. The van der Waals surface area contributed by atoms with Crippen molar-refractivity contribution in [3.05, 3.63) is 65.5 Å². The summed E-state index contributed by atoms with van der Waals surface area (Å²) >= 11 is 0. The molecule has 0 fully saturated rings. The summed E-state index contributed by atoms with van der Waals surface area (Å²) in [5.41, 5.74) is 1.98. The Morgan fingerprint density at radius 3 is 1.63 bits per heavy atom. The highest BCUT2D eigenvalue weighted by Gasteiger charge is 2.29. The third-order valence-electron chi connectivity index (χ3n) is 4.71. The highest BCUT2D eigenvalue weighted by atomic mass is 16.7. The van der Waals surface area contributed by atoms with Gasteiger partial charge in [-0.25, -0.2) is 0 Å². The lowest BCUT2D eigenvalue weighted by molar-refractivity contribution is 0.173. The predicted octanol–water partition coefficient (Wildman–Crippen LogP) is 3.13. The summed E-state index contributed by atoms with van der Waals surface area (Å²) in [7, 11) is 0. The van der Waals surface area contributed by atoms with Gasteiger partial charge in [-0.05, 0) is 29.8 Å². The Morgan fingerprint density at radius 2 is 1.15 bits per heavy atom. The highest BCUT2D eigenvalue weighted by molar-refractivity contribution is 5.61. The number of aromatic hydroxyl groups is 2. The van der Waals surface area contributed by atoms with Crippen LogP contribution in [-0.2, 0) is 0 Å². The molecule has 3 aromatic rings. The minimum absolute atomic E-state index is 0.0399. The standard InChI is InChI=1S/C20H15NO6/c22-14-7-18-16(24-9-26-18)5-12(14)20(11-1-3-21-4-2-11)13-6-17-19(8-15(13)23)27-10-25-17/h1-8,20,22-23H,9-10H2. The monoisotopic (exact) mass is 365 g/mol. The van der Waals surface area contributed by atoms with Gasteiger partial charge < -0.3 is 29.2 Å². The average Bonchev–Trinajstić information content (AvgIpc) is 3.31. The molecule has 0 aliphatic carbocycles. The van der Waals surface area contributed by atoms with Gasteiger partial charge in [-0.2, -0.15) is 0 Å². The Kier molecular flexibility index (Phi) is 3.46. The molecule has 0 atom stereocenters. The summed E-state index contributed by atoms with van der Waals surface area (Å²) in [6.07, 6.45) is 3.33. The van der Waals surface area contributed by atoms with E-state index in [1.165, 1.54) is 12.1 Å². The Hall–Kier alpha value is -3.61. The SMILES string of the molecule is Oc1cc2c(cc1C(c1ccncc1)c1cc3c(cc1O)OCO3)OCO2.